The van der Waals surface area contributed by atoms with E-state index in [4.69, 9.17) is 10.5 Å². The Hall–Kier alpha value is -2.08. The molecule has 6 heteroatoms. The molecule has 0 unspecified atom stereocenters. The quantitative estimate of drug-likeness (QED) is 0.854. The van der Waals surface area contributed by atoms with Crippen LogP contribution >= 0.6 is 0 Å². The number of hydrogen-bond donors (Lipinski definition) is 2. The number of H-pyrrole nitrogens is 1. The van der Waals surface area contributed by atoms with E-state index in [1.54, 1.807) is 13.1 Å². The summed E-state index contributed by atoms with van der Waals surface area (Å²) in [5.74, 6) is -0.325. The van der Waals surface area contributed by atoms with Gasteiger partial charge in [0.1, 0.15) is 0 Å². The summed E-state index contributed by atoms with van der Waals surface area (Å²) in [7, 11) is 2.98. The third-order valence-corrected chi connectivity index (χ3v) is 2.79. The molecular weight excluding hydrogens is 237 g/mol. The van der Waals surface area contributed by atoms with Gasteiger partial charge in [0.2, 0.25) is 0 Å². The Bertz CT molecular complexity index is 631. The number of ether oxygens (including phenoxy) is 1. The number of aromatic nitrogens is 2. The van der Waals surface area contributed by atoms with Crippen LogP contribution < -0.4 is 16.0 Å². The number of benzene rings is 1. The van der Waals surface area contributed by atoms with Gasteiger partial charge in [0, 0.05) is 19.2 Å². The van der Waals surface area contributed by atoms with E-state index in [0.29, 0.717) is 16.8 Å². The summed E-state index contributed by atoms with van der Waals surface area (Å²) < 4.78 is 19.8. The van der Waals surface area contributed by atoms with Crippen molar-refractivity contribution >= 4 is 0 Å². The highest BCUT2D eigenvalue weighted by atomic mass is 19.1. The van der Waals surface area contributed by atoms with Crippen LogP contribution in [-0.4, -0.2) is 16.9 Å². The fourth-order valence-electron chi connectivity index (χ4n) is 1.85. The molecule has 0 amide bonds. The maximum Gasteiger partial charge on any atom is 0.271 e. The second kappa shape index (κ2) is 4.66. The van der Waals surface area contributed by atoms with Gasteiger partial charge < -0.3 is 10.5 Å². The smallest absolute Gasteiger partial charge is 0.271 e. The lowest BCUT2D eigenvalue weighted by Gasteiger charge is -2.05. The van der Waals surface area contributed by atoms with Crippen LogP contribution in [-0.2, 0) is 13.6 Å². The minimum absolute atomic E-state index is 0.0964. The number of nitrogens with zero attached hydrogens (tertiary/aromatic N) is 1. The van der Waals surface area contributed by atoms with Crippen molar-refractivity contribution in [2.45, 2.75) is 6.54 Å². The van der Waals surface area contributed by atoms with Gasteiger partial charge in [-0.1, -0.05) is 0 Å². The predicted octanol–water partition coefficient (Wildman–Crippen LogP) is 0.987. The fourth-order valence-corrected chi connectivity index (χ4v) is 1.85. The van der Waals surface area contributed by atoms with Gasteiger partial charge in [-0.2, -0.15) is 0 Å². The standard InChI is InChI=1S/C12H14FN3O2/c1-16-12(17)8(6-14)11(15-16)7-3-4-10(18-2)9(13)5-7/h3-5,15H,6,14H2,1-2H3. The maximum atomic E-state index is 13.6. The summed E-state index contributed by atoms with van der Waals surface area (Å²) in [4.78, 5) is 11.7. The molecule has 1 aromatic carbocycles. The lowest BCUT2D eigenvalue weighted by Crippen LogP contribution is -2.17. The number of hydrogen-bond acceptors (Lipinski definition) is 3. The van der Waals surface area contributed by atoms with E-state index in [2.05, 4.69) is 5.10 Å². The molecule has 0 spiro atoms. The van der Waals surface area contributed by atoms with Crippen LogP contribution in [0.25, 0.3) is 11.3 Å². The average molecular weight is 251 g/mol. The Morgan fingerprint density at radius 2 is 2.22 bits per heavy atom. The van der Waals surface area contributed by atoms with E-state index < -0.39 is 5.82 Å². The normalized spacial score (nSPS) is 10.7. The van der Waals surface area contributed by atoms with E-state index in [9.17, 15) is 9.18 Å². The van der Waals surface area contributed by atoms with Crippen molar-refractivity contribution in [3.63, 3.8) is 0 Å². The van der Waals surface area contributed by atoms with Gasteiger partial charge in [-0.3, -0.25) is 14.6 Å². The summed E-state index contributed by atoms with van der Waals surface area (Å²) in [6.07, 6.45) is 0. The highest BCUT2D eigenvalue weighted by Crippen LogP contribution is 2.25. The second-order valence-corrected chi connectivity index (χ2v) is 3.88. The number of nitrogens with one attached hydrogen (secondary N) is 1. The van der Waals surface area contributed by atoms with Gasteiger partial charge >= 0.3 is 0 Å². The van der Waals surface area contributed by atoms with Crippen LogP contribution in [0.1, 0.15) is 5.56 Å². The molecule has 0 radical (unpaired) electrons. The Balaban J connectivity index is 2.59. The van der Waals surface area contributed by atoms with E-state index in [1.165, 1.54) is 23.9 Å². The summed E-state index contributed by atoms with van der Waals surface area (Å²) in [6, 6.07) is 4.49. The first-order valence-corrected chi connectivity index (χ1v) is 5.40. The number of aryl methyl sites for hydroxylation is 1. The van der Waals surface area contributed by atoms with Crippen LogP contribution in [0.15, 0.2) is 23.0 Å². The van der Waals surface area contributed by atoms with Crippen molar-refractivity contribution in [2.24, 2.45) is 12.8 Å². The zero-order valence-corrected chi connectivity index (χ0v) is 10.2. The Morgan fingerprint density at radius 1 is 1.50 bits per heavy atom. The zero-order valence-electron chi connectivity index (χ0n) is 10.2. The zero-order chi connectivity index (χ0) is 13.3. The molecule has 0 aliphatic carbocycles. The summed E-state index contributed by atoms with van der Waals surface area (Å²) >= 11 is 0. The highest BCUT2D eigenvalue weighted by Gasteiger charge is 2.14. The largest absolute Gasteiger partial charge is 0.494 e. The van der Waals surface area contributed by atoms with Crippen LogP contribution in [0.4, 0.5) is 4.39 Å². The van der Waals surface area contributed by atoms with Crippen LogP contribution in [0, 0.1) is 5.82 Å². The van der Waals surface area contributed by atoms with Gasteiger partial charge in [0.15, 0.2) is 11.6 Å². The van der Waals surface area contributed by atoms with Gasteiger partial charge in [-0.05, 0) is 18.2 Å². The fraction of sp³-hybridized carbons (Fsp3) is 0.250. The topological polar surface area (TPSA) is 73.0 Å². The molecule has 0 aliphatic heterocycles. The van der Waals surface area contributed by atoms with E-state index in [0.717, 1.165) is 0 Å². The van der Waals surface area contributed by atoms with Crippen LogP contribution in [0.2, 0.25) is 0 Å². The molecule has 2 aromatic rings. The molecule has 0 atom stereocenters. The predicted molar refractivity (Wildman–Crippen MR) is 65.9 cm³/mol. The average Bonchev–Trinajstić information content (AvgIpc) is 2.65. The molecule has 0 bridgehead atoms. The lowest BCUT2D eigenvalue weighted by atomic mass is 10.1. The van der Waals surface area contributed by atoms with Gasteiger partial charge in [-0.25, -0.2) is 4.39 Å². The summed E-state index contributed by atoms with van der Waals surface area (Å²) in [6.45, 7) is 0.0964. The number of halogens is 1. The molecule has 0 saturated carbocycles. The summed E-state index contributed by atoms with van der Waals surface area (Å²) in [5, 5.41) is 2.86. The second-order valence-electron chi connectivity index (χ2n) is 3.88. The molecule has 1 aromatic heterocycles. The minimum atomic E-state index is -0.484. The number of methoxy groups -OCH3 is 1. The molecule has 1 heterocycles. The van der Waals surface area contributed by atoms with E-state index in [-0.39, 0.29) is 17.9 Å². The SMILES string of the molecule is COc1ccc(-c2[nH]n(C)c(=O)c2CN)cc1F. The first-order valence-electron chi connectivity index (χ1n) is 5.40. The van der Waals surface area contributed by atoms with Crippen molar-refractivity contribution in [1.82, 2.24) is 9.78 Å². The monoisotopic (exact) mass is 251 g/mol. The van der Waals surface area contributed by atoms with Crippen LogP contribution in [0.5, 0.6) is 5.75 Å². The third kappa shape index (κ3) is 1.91. The molecule has 5 nitrogen and oxygen atoms in total. The minimum Gasteiger partial charge on any atom is -0.494 e. The third-order valence-electron chi connectivity index (χ3n) is 2.79. The van der Waals surface area contributed by atoms with Crippen molar-refractivity contribution in [3.05, 3.63) is 39.9 Å². The molecule has 2 rings (SSSR count). The van der Waals surface area contributed by atoms with Gasteiger partial charge in [0.05, 0.1) is 18.4 Å². The van der Waals surface area contributed by atoms with E-state index >= 15 is 0 Å². The number of rotatable bonds is 3. The molecule has 0 fully saturated rings. The van der Waals surface area contributed by atoms with Crippen molar-refractivity contribution < 1.29 is 9.13 Å². The van der Waals surface area contributed by atoms with E-state index in [1.807, 2.05) is 0 Å². The number of nitrogens with two attached hydrogens (primary N) is 1. The Morgan fingerprint density at radius 3 is 2.78 bits per heavy atom. The molecule has 3 N–H and O–H groups in total. The van der Waals surface area contributed by atoms with Crippen LogP contribution in [0.3, 0.4) is 0 Å². The highest BCUT2D eigenvalue weighted by molar-refractivity contribution is 5.63. The van der Waals surface area contributed by atoms with Gasteiger partial charge in [0.25, 0.3) is 5.56 Å². The molecule has 96 valence electrons. The summed E-state index contributed by atoms with van der Waals surface area (Å²) in [5.41, 5.74) is 6.87. The van der Waals surface area contributed by atoms with Crippen molar-refractivity contribution in [1.29, 1.82) is 0 Å². The maximum absolute atomic E-state index is 13.6. The molecule has 18 heavy (non-hydrogen) atoms. The molecule has 0 aliphatic rings. The Labute approximate surface area is 103 Å². The lowest BCUT2D eigenvalue weighted by molar-refractivity contribution is 0.386. The first-order chi connectivity index (χ1) is 8.58. The van der Waals surface area contributed by atoms with Gasteiger partial charge in [-0.15, -0.1) is 0 Å². The number of aromatic amines is 1. The Kier molecular flexibility index (Phi) is 3.20. The molecule has 0 saturated heterocycles. The van der Waals surface area contributed by atoms with Crippen molar-refractivity contribution in [3.8, 4) is 17.0 Å². The molecular formula is C12H14FN3O2. The first kappa shape index (κ1) is 12.4. The van der Waals surface area contributed by atoms with Crippen molar-refractivity contribution in [2.75, 3.05) is 7.11 Å².